The molecule has 1 heterocycles. The number of nitrogens with zero attached hydrogens (tertiary/aromatic N) is 5. The van der Waals surface area contributed by atoms with Crippen molar-refractivity contribution in [2.45, 2.75) is 13.0 Å². The zero-order chi connectivity index (χ0) is 15.4. The fourth-order valence-electron chi connectivity index (χ4n) is 2.43. The molecule has 1 aromatic carbocycles. The van der Waals surface area contributed by atoms with Crippen LogP contribution in [0.1, 0.15) is 12.5 Å². The molecule has 1 aliphatic rings. The number of nitriles is 2. The number of rotatable bonds is 3. The number of non-ortho nitro benzene ring substituents is 1. The van der Waals surface area contributed by atoms with Crippen molar-refractivity contribution in [1.82, 2.24) is 4.90 Å². The number of hydrogen-bond donors (Lipinski definition) is 0. The van der Waals surface area contributed by atoms with Gasteiger partial charge in [-0.3, -0.25) is 15.0 Å². The van der Waals surface area contributed by atoms with E-state index in [4.69, 9.17) is 5.26 Å². The lowest BCUT2D eigenvalue weighted by molar-refractivity contribution is -0.384. The third-order valence-corrected chi connectivity index (χ3v) is 3.70. The van der Waals surface area contributed by atoms with Crippen LogP contribution in [0.2, 0.25) is 0 Å². The first-order valence-electron chi connectivity index (χ1n) is 6.64. The van der Waals surface area contributed by atoms with Gasteiger partial charge in [0.15, 0.2) is 0 Å². The average Bonchev–Trinajstić information content (AvgIpc) is 2.53. The Hall–Kier alpha value is -2.64. The van der Waals surface area contributed by atoms with Gasteiger partial charge in [0.2, 0.25) is 0 Å². The van der Waals surface area contributed by atoms with E-state index in [1.165, 1.54) is 12.1 Å². The highest BCUT2D eigenvalue weighted by molar-refractivity contribution is 5.63. The van der Waals surface area contributed by atoms with E-state index >= 15 is 0 Å². The second kappa shape index (κ2) is 6.21. The minimum absolute atomic E-state index is 0.0768. The third kappa shape index (κ3) is 3.10. The molecule has 1 unspecified atom stereocenters. The van der Waals surface area contributed by atoms with Gasteiger partial charge in [0.05, 0.1) is 28.3 Å². The standard InChI is InChI=1S/C14H15N5O2/c1-11(9-15)17-4-6-18(7-5-17)14-3-2-13(19(20)21)8-12(14)10-16/h2-3,8,11H,4-7H2,1H3. The zero-order valence-electron chi connectivity index (χ0n) is 11.7. The van der Waals surface area contributed by atoms with Crippen LogP contribution < -0.4 is 4.90 Å². The second-order valence-electron chi connectivity index (χ2n) is 4.90. The quantitative estimate of drug-likeness (QED) is 0.616. The van der Waals surface area contributed by atoms with Gasteiger partial charge in [-0.2, -0.15) is 10.5 Å². The van der Waals surface area contributed by atoms with Crippen molar-refractivity contribution in [2.24, 2.45) is 0 Å². The Morgan fingerprint density at radius 2 is 1.95 bits per heavy atom. The Morgan fingerprint density at radius 3 is 2.48 bits per heavy atom. The topological polar surface area (TPSA) is 97.2 Å². The maximum Gasteiger partial charge on any atom is 0.270 e. The summed E-state index contributed by atoms with van der Waals surface area (Å²) in [5.74, 6) is 0. The molecule has 7 heteroatoms. The van der Waals surface area contributed by atoms with Crippen molar-refractivity contribution in [3.8, 4) is 12.1 Å². The second-order valence-corrected chi connectivity index (χ2v) is 4.90. The molecule has 2 rings (SSSR count). The van der Waals surface area contributed by atoms with Crippen LogP contribution in [0.25, 0.3) is 0 Å². The number of nitro groups is 1. The molecule has 0 radical (unpaired) electrons. The Labute approximate surface area is 122 Å². The molecule has 0 aromatic heterocycles. The van der Waals surface area contributed by atoms with Gasteiger partial charge in [-0.05, 0) is 13.0 Å². The minimum atomic E-state index is -0.503. The molecule has 1 aromatic rings. The van der Waals surface area contributed by atoms with Gasteiger partial charge in [0.1, 0.15) is 6.07 Å². The highest BCUT2D eigenvalue weighted by atomic mass is 16.6. The normalized spacial score (nSPS) is 16.8. The first-order chi connectivity index (χ1) is 10.1. The first-order valence-corrected chi connectivity index (χ1v) is 6.64. The molecule has 0 saturated carbocycles. The van der Waals surface area contributed by atoms with Crippen LogP contribution in [-0.2, 0) is 0 Å². The van der Waals surface area contributed by atoms with E-state index in [0.717, 1.165) is 13.1 Å². The molecule has 0 N–H and O–H groups in total. The Kier molecular flexibility index (Phi) is 4.36. The number of nitro benzene ring substituents is 1. The summed E-state index contributed by atoms with van der Waals surface area (Å²) in [6.07, 6.45) is 0. The van der Waals surface area contributed by atoms with Gasteiger partial charge in [-0.1, -0.05) is 0 Å². The van der Waals surface area contributed by atoms with E-state index in [1.807, 2.05) is 17.9 Å². The van der Waals surface area contributed by atoms with E-state index in [1.54, 1.807) is 6.07 Å². The van der Waals surface area contributed by atoms with Crippen LogP contribution in [0.3, 0.4) is 0 Å². The minimum Gasteiger partial charge on any atom is -0.368 e. The van der Waals surface area contributed by atoms with Crippen molar-refractivity contribution < 1.29 is 4.92 Å². The summed E-state index contributed by atoms with van der Waals surface area (Å²) in [4.78, 5) is 14.4. The van der Waals surface area contributed by atoms with E-state index in [-0.39, 0.29) is 11.7 Å². The van der Waals surface area contributed by atoms with Crippen molar-refractivity contribution >= 4 is 11.4 Å². The van der Waals surface area contributed by atoms with Crippen LogP contribution in [0.5, 0.6) is 0 Å². The highest BCUT2D eigenvalue weighted by Gasteiger charge is 2.23. The van der Waals surface area contributed by atoms with Crippen LogP contribution >= 0.6 is 0 Å². The molecule has 1 saturated heterocycles. The van der Waals surface area contributed by atoms with Gasteiger partial charge in [-0.15, -0.1) is 0 Å². The molecule has 1 atom stereocenters. The predicted molar refractivity (Wildman–Crippen MR) is 76.7 cm³/mol. The summed E-state index contributed by atoms with van der Waals surface area (Å²) in [6.45, 7) is 4.71. The maximum atomic E-state index is 10.8. The summed E-state index contributed by atoms with van der Waals surface area (Å²) < 4.78 is 0. The molecule has 21 heavy (non-hydrogen) atoms. The SMILES string of the molecule is CC(C#N)N1CCN(c2ccc([N+](=O)[O-])cc2C#N)CC1. The van der Waals surface area contributed by atoms with E-state index in [9.17, 15) is 15.4 Å². The maximum absolute atomic E-state index is 10.8. The molecule has 0 spiro atoms. The van der Waals surface area contributed by atoms with E-state index < -0.39 is 4.92 Å². The smallest absolute Gasteiger partial charge is 0.270 e. The number of hydrogen-bond acceptors (Lipinski definition) is 6. The predicted octanol–water partition coefficient (Wildman–Crippen LogP) is 1.50. The Balaban J connectivity index is 2.16. The Bertz CT molecular complexity index is 623. The van der Waals surface area contributed by atoms with Crippen molar-refractivity contribution in [3.63, 3.8) is 0 Å². The molecule has 1 aliphatic heterocycles. The van der Waals surface area contributed by atoms with Crippen molar-refractivity contribution in [1.29, 1.82) is 10.5 Å². The number of piperazine rings is 1. The molecule has 0 bridgehead atoms. The van der Waals surface area contributed by atoms with Crippen LogP contribution in [-0.4, -0.2) is 42.0 Å². The fraction of sp³-hybridized carbons (Fsp3) is 0.429. The van der Waals surface area contributed by atoms with Gasteiger partial charge < -0.3 is 4.90 Å². The van der Waals surface area contributed by atoms with E-state index in [0.29, 0.717) is 24.3 Å². The lowest BCUT2D eigenvalue weighted by Crippen LogP contribution is -2.49. The lowest BCUT2D eigenvalue weighted by atomic mass is 10.1. The first kappa shape index (κ1) is 14.8. The number of anilines is 1. The molecule has 7 nitrogen and oxygen atoms in total. The van der Waals surface area contributed by atoms with Gasteiger partial charge in [-0.25, -0.2) is 0 Å². The summed E-state index contributed by atoms with van der Waals surface area (Å²) in [7, 11) is 0. The molecular weight excluding hydrogens is 270 g/mol. The largest absolute Gasteiger partial charge is 0.368 e. The Morgan fingerprint density at radius 1 is 1.29 bits per heavy atom. The summed E-state index contributed by atoms with van der Waals surface area (Å²) >= 11 is 0. The molecule has 0 amide bonds. The summed E-state index contributed by atoms with van der Waals surface area (Å²) in [6, 6.07) is 8.45. The number of benzene rings is 1. The van der Waals surface area contributed by atoms with Crippen molar-refractivity contribution in [2.75, 3.05) is 31.1 Å². The monoisotopic (exact) mass is 285 g/mol. The lowest BCUT2D eigenvalue weighted by Gasteiger charge is -2.37. The highest BCUT2D eigenvalue weighted by Crippen LogP contribution is 2.26. The average molecular weight is 285 g/mol. The van der Waals surface area contributed by atoms with E-state index in [2.05, 4.69) is 11.0 Å². The van der Waals surface area contributed by atoms with Crippen LogP contribution in [0.4, 0.5) is 11.4 Å². The molecular formula is C14H15N5O2. The van der Waals surface area contributed by atoms with Gasteiger partial charge in [0, 0.05) is 38.3 Å². The fourth-order valence-corrected chi connectivity index (χ4v) is 2.43. The van der Waals surface area contributed by atoms with Gasteiger partial charge >= 0.3 is 0 Å². The zero-order valence-corrected chi connectivity index (χ0v) is 11.7. The van der Waals surface area contributed by atoms with Crippen LogP contribution in [0.15, 0.2) is 18.2 Å². The van der Waals surface area contributed by atoms with Crippen molar-refractivity contribution in [3.05, 3.63) is 33.9 Å². The third-order valence-electron chi connectivity index (χ3n) is 3.70. The van der Waals surface area contributed by atoms with Gasteiger partial charge in [0.25, 0.3) is 5.69 Å². The molecule has 0 aliphatic carbocycles. The molecule has 108 valence electrons. The summed E-state index contributed by atoms with van der Waals surface area (Å²) in [5, 5.41) is 28.9. The molecule has 1 fully saturated rings. The van der Waals surface area contributed by atoms with Crippen LogP contribution in [0, 0.1) is 32.8 Å². The summed E-state index contributed by atoms with van der Waals surface area (Å²) in [5.41, 5.74) is 0.949.